The second kappa shape index (κ2) is 3.33. The Labute approximate surface area is 93.8 Å². The van der Waals surface area contributed by atoms with E-state index in [0.29, 0.717) is 16.2 Å². The minimum Gasteiger partial charge on any atom is -0.487 e. The first-order valence-electron chi connectivity index (χ1n) is 5.10. The first-order chi connectivity index (χ1) is 7.67. The number of hydrogen-bond acceptors (Lipinski definition) is 4. The van der Waals surface area contributed by atoms with Crippen molar-refractivity contribution in [1.82, 2.24) is 5.32 Å². The van der Waals surface area contributed by atoms with Crippen molar-refractivity contribution in [1.29, 1.82) is 0 Å². The molecule has 0 amide bonds. The van der Waals surface area contributed by atoms with Gasteiger partial charge in [0.1, 0.15) is 11.9 Å². The second-order valence-corrected chi connectivity index (χ2v) is 5.72. The summed E-state index contributed by atoms with van der Waals surface area (Å²) in [7, 11) is -3.23. The Bertz CT molecular complexity index is 559. The van der Waals surface area contributed by atoms with Crippen molar-refractivity contribution in [2.75, 3.05) is 13.1 Å². The van der Waals surface area contributed by atoms with Crippen LogP contribution in [0.5, 0.6) is 5.75 Å². The summed E-state index contributed by atoms with van der Waals surface area (Å²) >= 11 is 0. The van der Waals surface area contributed by atoms with Crippen LogP contribution < -0.4 is 10.1 Å². The van der Waals surface area contributed by atoms with E-state index >= 15 is 0 Å². The number of rotatable bonds is 2. The van der Waals surface area contributed by atoms with E-state index in [9.17, 15) is 8.42 Å². The largest absolute Gasteiger partial charge is 0.487 e. The average molecular weight is 237 g/mol. The summed E-state index contributed by atoms with van der Waals surface area (Å²) in [5, 5.41) is 4.33. The lowest BCUT2D eigenvalue weighted by Gasteiger charge is -2.28. The normalized spacial score (nSPS) is 21.5. The number of ether oxygens (including phenoxy) is 1. The minimum absolute atomic E-state index is 0.156. The number of fused-ring (bicyclic) bond motifs is 1. The van der Waals surface area contributed by atoms with Gasteiger partial charge in [-0.2, -0.15) is 0 Å². The fourth-order valence-electron chi connectivity index (χ4n) is 1.80. The van der Waals surface area contributed by atoms with Gasteiger partial charge in [0.2, 0.25) is 9.84 Å². The van der Waals surface area contributed by atoms with Gasteiger partial charge in [-0.1, -0.05) is 6.07 Å². The Hall–Kier alpha value is -1.33. The molecule has 1 aromatic carbocycles. The monoisotopic (exact) mass is 237 g/mol. The zero-order chi connectivity index (χ0) is 11.2. The zero-order valence-electron chi connectivity index (χ0n) is 8.51. The third-order valence-corrected chi connectivity index (χ3v) is 4.25. The molecule has 0 bridgehead atoms. The number of hydrogen-bond donors (Lipinski definition) is 1. The van der Waals surface area contributed by atoms with Crippen LogP contribution in [-0.4, -0.2) is 27.6 Å². The van der Waals surface area contributed by atoms with Crippen molar-refractivity contribution >= 4 is 15.9 Å². The van der Waals surface area contributed by atoms with E-state index in [1.54, 1.807) is 18.2 Å². The van der Waals surface area contributed by atoms with Gasteiger partial charge in [0.05, 0.1) is 4.90 Å². The van der Waals surface area contributed by atoms with Crippen molar-refractivity contribution in [2.45, 2.75) is 11.0 Å². The lowest BCUT2D eigenvalue weighted by atomic mass is 10.2. The molecule has 2 aliphatic heterocycles. The lowest BCUT2D eigenvalue weighted by Crippen LogP contribution is -2.50. The van der Waals surface area contributed by atoms with Gasteiger partial charge in [0.15, 0.2) is 0 Å². The molecule has 1 N–H and O–H groups in total. The number of nitrogens with one attached hydrogen (secondary N) is 1. The standard InChI is InChI=1S/C11H11NO3S/c13-16(14)5-4-9-10(2-1-3-11(9)16)15-8-6-12-7-8/h1-5,8,12H,6-7H2. The predicted molar refractivity (Wildman–Crippen MR) is 59.9 cm³/mol. The summed E-state index contributed by atoms with van der Waals surface area (Å²) < 4.78 is 28.9. The highest BCUT2D eigenvalue weighted by atomic mass is 32.2. The molecule has 84 valence electrons. The summed E-state index contributed by atoms with van der Waals surface area (Å²) in [6, 6.07) is 5.13. The molecule has 16 heavy (non-hydrogen) atoms. The molecule has 5 heteroatoms. The van der Waals surface area contributed by atoms with Gasteiger partial charge < -0.3 is 10.1 Å². The topological polar surface area (TPSA) is 55.4 Å². The van der Waals surface area contributed by atoms with Crippen molar-refractivity contribution in [3.63, 3.8) is 0 Å². The van der Waals surface area contributed by atoms with Crippen LogP contribution >= 0.6 is 0 Å². The summed E-state index contributed by atoms with van der Waals surface area (Å²) in [5.74, 6) is 0.654. The van der Waals surface area contributed by atoms with Gasteiger partial charge in [-0.25, -0.2) is 8.42 Å². The molecule has 0 atom stereocenters. The van der Waals surface area contributed by atoms with Crippen molar-refractivity contribution in [2.24, 2.45) is 0 Å². The van der Waals surface area contributed by atoms with Gasteiger partial charge in [-0.05, 0) is 18.2 Å². The number of sulfone groups is 1. The van der Waals surface area contributed by atoms with Crippen molar-refractivity contribution in [3.8, 4) is 5.75 Å². The Balaban J connectivity index is 2.01. The average Bonchev–Trinajstić information content (AvgIpc) is 2.50. The molecule has 0 spiro atoms. The van der Waals surface area contributed by atoms with Gasteiger partial charge in [0, 0.05) is 24.1 Å². The summed E-state index contributed by atoms with van der Waals surface area (Å²) in [6.07, 6.45) is 1.76. The van der Waals surface area contributed by atoms with E-state index in [1.165, 1.54) is 5.41 Å². The third kappa shape index (κ3) is 1.44. The molecule has 1 fully saturated rings. The molecule has 2 aliphatic rings. The van der Waals surface area contributed by atoms with Gasteiger partial charge >= 0.3 is 0 Å². The van der Waals surface area contributed by atoms with E-state index in [4.69, 9.17) is 4.74 Å². The van der Waals surface area contributed by atoms with E-state index in [1.807, 2.05) is 6.07 Å². The maximum Gasteiger partial charge on any atom is 0.200 e. The molecular formula is C11H11NO3S. The fraction of sp³-hybridized carbons (Fsp3) is 0.273. The molecule has 0 aromatic heterocycles. The predicted octanol–water partition coefficient (Wildman–Crippen LogP) is 0.795. The van der Waals surface area contributed by atoms with Gasteiger partial charge in [-0.3, -0.25) is 0 Å². The van der Waals surface area contributed by atoms with Crippen LogP contribution in [0, 0.1) is 0 Å². The molecule has 1 saturated heterocycles. The highest BCUT2D eigenvalue weighted by Crippen LogP contribution is 2.34. The smallest absolute Gasteiger partial charge is 0.200 e. The summed E-state index contributed by atoms with van der Waals surface area (Å²) in [4.78, 5) is 0.345. The zero-order valence-corrected chi connectivity index (χ0v) is 9.33. The van der Waals surface area contributed by atoms with Gasteiger partial charge in [-0.15, -0.1) is 0 Å². The van der Waals surface area contributed by atoms with Crippen molar-refractivity contribution < 1.29 is 13.2 Å². The summed E-state index contributed by atoms with van der Waals surface area (Å²) in [5.41, 5.74) is 0.675. The molecule has 3 rings (SSSR count). The third-order valence-electron chi connectivity index (χ3n) is 2.78. The molecule has 0 saturated carbocycles. The molecule has 2 heterocycles. The fourth-order valence-corrected chi connectivity index (χ4v) is 3.00. The Kier molecular flexibility index (Phi) is 2.05. The molecule has 0 aliphatic carbocycles. The van der Waals surface area contributed by atoms with Crippen LogP contribution in [0.2, 0.25) is 0 Å². The first kappa shape index (κ1) is 9.86. The van der Waals surface area contributed by atoms with Crippen LogP contribution in [0.15, 0.2) is 28.5 Å². The van der Waals surface area contributed by atoms with E-state index in [2.05, 4.69) is 5.32 Å². The van der Waals surface area contributed by atoms with Crippen LogP contribution in [0.4, 0.5) is 0 Å². The maximum absolute atomic E-state index is 11.6. The maximum atomic E-state index is 11.6. The highest BCUT2D eigenvalue weighted by Gasteiger charge is 2.26. The summed E-state index contributed by atoms with van der Waals surface area (Å²) in [6.45, 7) is 1.64. The van der Waals surface area contributed by atoms with Gasteiger partial charge in [0.25, 0.3) is 0 Å². The van der Waals surface area contributed by atoms with E-state index < -0.39 is 9.84 Å². The molecule has 4 nitrogen and oxygen atoms in total. The molecular weight excluding hydrogens is 226 g/mol. The Morgan fingerprint density at radius 1 is 1.31 bits per heavy atom. The Morgan fingerprint density at radius 2 is 2.12 bits per heavy atom. The first-order valence-corrected chi connectivity index (χ1v) is 6.65. The Morgan fingerprint density at radius 3 is 2.81 bits per heavy atom. The number of benzene rings is 1. The SMILES string of the molecule is O=S1(=O)C=Cc2c(OC3CNC3)cccc21. The molecule has 1 aromatic rings. The quantitative estimate of drug-likeness (QED) is 0.826. The highest BCUT2D eigenvalue weighted by molar-refractivity contribution is 7.94. The van der Waals surface area contributed by atoms with Crippen LogP contribution in [0.25, 0.3) is 6.08 Å². The van der Waals surface area contributed by atoms with Crippen LogP contribution in [-0.2, 0) is 9.84 Å². The van der Waals surface area contributed by atoms with E-state index in [0.717, 1.165) is 13.1 Å². The van der Waals surface area contributed by atoms with E-state index in [-0.39, 0.29) is 6.10 Å². The molecule has 0 radical (unpaired) electrons. The van der Waals surface area contributed by atoms with Crippen LogP contribution in [0.1, 0.15) is 5.56 Å². The van der Waals surface area contributed by atoms with Crippen molar-refractivity contribution in [3.05, 3.63) is 29.2 Å². The van der Waals surface area contributed by atoms with Crippen LogP contribution in [0.3, 0.4) is 0 Å². The lowest BCUT2D eigenvalue weighted by molar-refractivity contribution is 0.141. The second-order valence-electron chi connectivity index (χ2n) is 3.91. The minimum atomic E-state index is -3.23. The molecule has 0 unspecified atom stereocenters.